The summed E-state index contributed by atoms with van der Waals surface area (Å²) in [7, 11) is 0. The van der Waals surface area contributed by atoms with Gasteiger partial charge in [0.2, 0.25) is 0 Å². The first-order valence-corrected chi connectivity index (χ1v) is 10.2. The number of rotatable bonds is 4. The van der Waals surface area contributed by atoms with E-state index in [-0.39, 0.29) is 11.4 Å². The smallest absolute Gasteiger partial charge is 0.294 e. The molecule has 0 spiro atoms. The summed E-state index contributed by atoms with van der Waals surface area (Å²) < 4.78 is 0. The van der Waals surface area contributed by atoms with Crippen LogP contribution >= 0.6 is 0 Å². The van der Waals surface area contributed by atoms with E-state index in [0.29, 0.717) is 5.69 Å². The number of hydrogen-bond donors (Lipinski definition) is 1. The van der Waals surface area contributed by atoms with Gasteiger partial charge in [-0.2, -0.15) is 0 Å². The van der Waals surface area contributed by atoms with Crippen molar-refractivity contribution in [3.05, 3.63) is 96.0 Å². The van der Waals surface area contributed by atoms with Gasteiger partial charge >= 0.3 is 0 Å². The molecule has 0 saturated carbocycles. The fourth-order valence-corrected chi connectivity index (χ4v) is 3.81. The van der Waals surface area contributed by atoms with Crippen LogP contribution in [0, 0.1) is 5.41 Å². The molecule has 4 rings (SSSR count). The van der Waals surface area contributed by atoms with Gasteiger partial charge in [-0.1, -0.05) is 69.3 Å². The van der Waals surface area contributed by atoms with Gasteiger partial charge in [0.05, 0.1) is 11.6 Å². The standard InChI is InChI=1S/C26H24N2O3/c1-26(2,3)24(30)21-22(18-8-5-4-6-9-18)28(25(31)23(21)29)20-13-11-17(12-14-20)19-10-7-15-27-16-19/h4-16,22,29H,1-3H3. The van der Waals surface area contributed by atoms with Gasteiger partial charge in [-0.05, 0) is 34.9 Å². The molecule has 2 aromatic carbocycles. The molecule has 5 heteroatoms. The van der Waals surface area contributed by atoms with Crippen molar-refractivity contribution < 1.29 is 14.7 Å². The number of pyridine rings is 1. The minimum atomic E-state index is -0.739. The number of carbonyl (C=O) groups is 2. The third kappa shape index (κ3) is 3.75. The highest BCUT2D eigenvalue weighted by atomic mass is 16.3. The first-order chi connectivity index (χ1) is 14.8. The molecule has 31 heavy (non-hydrogen) atoms. The first kappa shape index (κ1) is 20.5. The van der Waals surface area contributed by atoms with E-state index in [2.05, 4.69) is 4.98 Å². The number of aliphatic hydroxyl groups excluding tert-OH is 1. The Morgan fingerprint density at radius 2 is 1.61 bits per heavy atom. The molecule has 2 heterocycles. The lowest BCUT2D eigenvalue weighted by Crippen LogP contribution is -2.32. The second-order valence-electron chi connectivity index (χ2n) is 8.62. The van der Waals surface area contributed by atoms with Crippen LogP contribution in [0.15, 0.2) is 90.5 Å². The summed E-state index contributed by atoms with van der Waals surface area (Å²) in [6.07, 6.45) is 3.49. The molecular formula is C26H24N2O3. The van der Waals surface area contributed by atoms with Gasteiger partial charge < -0.3 is 5.11 Å². The Morgan fingerprint density at radius 1 is 0.935 bits per heavy atom. The fraction of sp³-hybridized carbons (Fsp3) is 0.192. The lowest BCUT2D eigenvalue weighted by Gasteiger charge is -2.29. The van der Waals surface area contributed by atoms with E-state index in [1.54, 1.807) is 33.2 Å². The molecule has 1 atom stereocenters. The third-order valence-electron chi connectivity index (χ3n) is 5.39. The molecule has 0 aliphatic carbocycles. The van der Waals surface area contributed by atoms with Crippen molar-refractivity contribution in [2.45, 2.75) is 26.8 Å². The van der Waals surface area contributed by atoms with Gasteiger partial charge in [0.1, 0.15) is 0 Å². The maximum atomic E-state index is 13.2. The molecule has 0 radical (unpaired) electrons. The van der Waals surface area contributed by atoms with E-state index in [1.165, 1.54) is 4.90 Å². The van der Waals surface area contributed by atoms with E-state index in [0.717, 1.165) is 16.7 Å². The van der Waals surface area contributed by atoms with Gasteiger partial charge in [-0.3, -0.25) is 19.5 Å². The lowest BCUT2D eigenvalue weighted by molar-refractivity contribution is -0.123. The van der Waals surface area contributed by atoms with Gasteiger partial charge in [-0.15, -0.1) is 0 Å². The zero-order valence-corrected chi connectivity index (χ0v) is 17.7. The Hall–Kier alpha value is -3.73. The van der Waals surface area contributed by atoms with Crippen LogP contribution in [0.1, 0.15) is 32.4 Å². The van der Waals surface area contributed by atoms with Crippen LogP contribution in [0.5, 0.6) is 0 Å². The van der Waals surface area contributed by atoms with Crippen molar-refractivity contribution in [2.75, 3.05) is 4.90 Å². The Bertz CT molecular complexity index is 1140. The van der Waals surface area contributed by atoms with Gasteiger partial charge in [-0.25, -0.2) is 0 Å². The Labute approximate surface area is 181 Å². The quantitative estimate of drug-likeness (QED) is 0.634. The second kappa shape index (κ2) is 7.84. The van der Waals surface area contributed by atoms with E-state index in [9.17, 15) is 14.7 Å². The summed E-state index contributed by atoms with van der Waals surface area (Å²) in [5.41, 5.74) is 2.70. The second-order valence-corrected chi connectivity index (χ2v) is 8.62. The molecule has 1 aromatic heterocycles. The summed E-state index contributed by atoms with van der Waals surface area (Å²) in [6, 6.07) is 19.9. The van der Waals surface area contributed by atoms with Crippen LogP contribution in [0.25, 0.3) is 11.1 Å². The van der Waals surface area contributed by atoms with E-state index in [4.69, 9.17) is 0 Å². The Morgan fingerprint density at radius 3 is 2.19 bits per heavy atom. The maximum absolute atomic E-state index is 13.2. The SMILES string of the molecule is CC(C)(C)C(=O)C1=C(O)C(=O)N(c2ccc(-c3cccnc3)cc2)C1c1ccccc1. The molecule has 1 amide bonds. The minimum Gasteiger partial charge on any atom is -0.503 e. The summed E-state index contributed by atoms with van der Waals surface area (Å²) in [5, 5.41) is 10.7. The van der Waals surface area contributed by atoms with Crippen molar-refractivity contribution in [3.8, 4) is 11.1 Å². The highest BCUT2D eigenvalue weighted by Crippen LogP contribution is 2.43. The molecule has 156 valence electrons. The molecule has 1 unspecified atom stereocenters. The Kier molecular flexibility index (Phi) is 5.19. The normalized spacial score (nSPS) is 16.7. The summed E-state index contributed by atoms with van der Waals surface area (Å²) >= 11 is 0. The molecule has 0 fully saturated rings. The predicted octanol–water partition coefficient (Wildman–Crippen LogP) is 5.26. The molecule has 1 aliphatic rings. The monoisotopic (exact) mass is 412 g/mol. The summed E-state index contributed by atoms with van der Waals surface area (Å²) in [4.78, 5) is 32.0. The van der Waals surface area contributed by atoms with Gasteiger partial charge in [0.25, 0.3) is 5.91 Å². The number of aromatic nitrogens is 1. The van der Waals surface area contributed by atoms with Crippen LogP contribution in [-0.4, -0.2) is 21.8 Å². The highest BCUT2D eigenvalue weighted by molar-refractivity contribution is 6.17. The molecule has 0 saturated heterocycles. The van der Waals surface area contributed by atoms with Crippen molar-refractivity contribution in [1.82, 2.24) is 4.98 Å². The molecule has 1 N–H and O–H groups in total. The number of Topliss-reactive ketones (excluding diaryl/α,β-unsaturated/α-hetero) is 1. The average Bonchev–Trinajstić information content (AvgIpc) is 3.04. The molecule has 3 aromatic rings. The van der Waals surface area contributed by atoms with Crippen molar-refractivity contribution in [2.24, 2.45) is 5.41 Å². The van der Waals surface area contributed by atoms with E-state index >= 15 is 0 Å². The summed E-state index contributed by atoms with van der Waals surface area (Å²) in [6.45, 7) is 5.36. The van der Waals surface area contributed by atoms with Gasteiger partial charge in [0, 0.05) is 23.5 Å². The average molecular weight is 412 g/mol. The zero-order chi connectivity index (χ0) is 22.2. The van der Waals surface area contributed by atoms with Gasteiger partial charge in [0.15, 0.2) is 11.5 Å². The molecule has 0 bridgehead atoms. The fourth-order valence-electron chi connectivity index (χ4n) is 3.81. The van der Waals surface area contributed by atoms with E-state index < -0.39 is 23.1 Å². The van der Waals surface area contributed by atoms with Crippen LogP contribution in [-0.2, 0) is 9.59 Å². The van der Waals surface area contributed by atoms with Crippen LogP contribution in [0.2, 0.25) is 0 Å². The number of benzene rings is 2. The number of ketones is 1. The van der Waals surface area contributed by atoms with E-state index in [1.807, 2.05) is 66.7 Å². The highest BCUT2D eigenvalue weighted by Gasteiger charge is 2.46. The molecular weight excluding hydrogens is 388 g/mol. The number of anilines is 1. The first-order valence-electron chi connectivity index (χ1n) is 10.2. The lowest BCUT2D eigenvalue weighted by atomic mass is 9.82. The number of hydrogen-bond acceptors (Lipinski definition) is 4. The summed E-state index contributed by atoms with van der Waals surface area (Å²) in [5.74, 6) is -1.30. The number of nitrogens with zero attached hydrogens (tertiary/aromatic N) is 2. The number of aliphatic hydroxyl groups is 1. The molecule has 1 aliphatic heterocycles. The molecule has 5 nitrogen and oxygen atoms in total. The number of amides is 1. The van der Waals surface area contributed by atoms with Crippen LogP contribution < -0.4 is 4.90 Å². The zero-order valence-electron chi connectivity index (χ0n) is 17.7. The van der Waals surface area contributed by atoms with Crippen LogP contribution in [0.4, 0.5) is 5.69 Å². The largest absolute Gasteiger partial charge is 0.503 e. The van der Waals surface area contributed by atoms with Crippen molar-refractivity contribution >= 4 is 17.4 Å². The Balaban J connectivity index is 1.80. The van der Waals surface area contributed by atoms with Crippen molar-refractivity contribution in [1.29, 1.82) is 0 Å². The van der Waals surface area contributed by atoms with Crippen LogP contribution in [0.3, 0.4) is 0 Å². The predicted molar refractivity (Wildman–Crippen MR) is 120 cm³/mol. The third-order valence-corrected chi connectivity index (χ3v) is 5.39. The number of carbonyl (C=O) groups excluding carboxylic acids is 2. The maximum Gasteiger partial charge on any atom is 0.294 e. The topological polar surface area (TPSA) is 70.5 Å². The van der Waals surface area contributed by atoms with Crippen molar-refractivity contribution in [3.63, 3.8) is 0 Å². The minimum absolute atomic E-state index is 0.139.